The maximum absolute atomic E-state index is 4.41. The van der Waals surface area contributed by atoms with Gasteiger partial charge in [-0.1, -0.05) is 34.1 Å². The molecule has 2 N–H and O–H groups in total. The number of hydrogen-bond acceptors (Lipinski definition) is 5. The summed E-state index contributed by atoms with van der Waals surface area (Å²) in [5.74, 6) is 1.08. The van der Waals surface area contributed by atoms with Crippen molar-refractivity contribution in [1.82, 2.24) is 15.2 Å². The SMILES string of the molecule is Cc1cccc(Nc2cnnc(Nc3cccc(Br)c3)n2)c1. The lowest BCUT2D eigenvalue weighted by molar-refractivity contribution is 0.982. The van der Waals surface area contributed by atoms with E-state index in [9.17, 15) is 0 Å². The summed E-state index contributed by atoms with van der Waals surface area (Å²) in [4.78, 5) is 4.41. The van der Waals surface area contributed by atoms with Gasteiger partial charge in [-0.15, -0.1) is 5.10 Å². The highest BCUT2D eigenvalue weighted by atomic mass is 79.9. The molecule has 1 aromatic heterocycles. The van der Waals surface area contributed by atoms with Crippen LogP contribution in [0.4, 0.5) is 23.1 Å². The summed E-state index contributed by atoms with van der Waals surface area (Å²) in [6.07, 6.45) is 1.59. The number of rotatable bonds is 4. The zero-order chi connectivity index (χ0) is 15.4. The minimum Gasteiger partial charge on any atom is -0.339 e. The smallest absolute Gasteiger partial charge is 0.249 e. The Bertz CT molecular complexity index is 728. The van der Waals surface area contributed by atoms with E-state index in [1.807, 2.05) is 55.5 Å². The van der Waals surface area contributed by atoms with E-state index in [4.69, 9.17) is 0 Å². The number of halogens is 1. The zero-order valence-corrected chi connectivity index (χ0v) is 13.5. The minimum atomic E-state index is 0.441. The van der Waals surface area contributed by atoms with Crippen LogP contribution in [0.15, 0.2) is 59.2 Å². The second kappa shape index (κ2) is 6.53. The Hall–Kier alpha value is -2.47. The quantitative estimate of drug-likeness (QED) is 0.724. The van der Waals surface area contributed by atoms with Gasteiger partial charge in [-0.25, -0.2) is 0 Å². The molecule has 0 fully saturated rings. The summed E-state index contributed by atoms with van der Waals surface area (Å²) in [7, 11) is 0. The van der Waals surface area contributed by atoms with Crippen LogP contribution in [-0.2, 0) is 0 Å². The van der Waals surface area contributed by atoms with E-state index in [2.05, 4.69) is 41.7 Å². The molecule has 0 unspecified atom stereocenters. The van der Waals surface area contributed by atoms with Crippen LogP contribution >= 0.6 is 15.9 Å². The van der Waals surface area contributed by atoms with Gasteiger partial charge in [0.2, 0.25) is 5.95 Å². The minimum absolute atomic E-state index is 0.441. The van der Waals surface area contributed by atoms with Crippen LogP contribution in [0.25, 0.3) is 0 Å². The Kier molecular flexibility index (Phi) is 4.29. The molecule has 0 aliphatic rings. The van der Waals surface area contributed by atoms with Crippen molar-refractivity contribution in [1.29, 1.82) is 0 Å². The van der Waals surface area contributed by atoms with Crippen LogP contribution in [-0.4, -0.2) is 15.2 Å². The average Bonchev–Trinajstić information content (AvgIpc) is 2.47. The Balaban J connectivity index is 1.78. The van der Waals surface area contributed by atoms with Gasteiger partial charge in [-0.05, 0) is 42.8 Å². The highest BCUT2D eigenvalue weighted by Crippen LogP contribution is 2.20. The van der Waals surface area contributed by atoms with E-state index in [1.165, 1.54) is 5.56 Å². The molecule has 22 heavy (non-hydrogen) atoms. The first-order chi connectivity index (χ1) is 10.7. The molecule has 0 saturated heterocycles. The molecule has 6 heteroatoms. The third-order valence-corrected chi connectivity index (χ3v) is 3.42. The highest BCUT2D eigenvalue weighted by Gasteiger charge is 2.02. The molecule has 0 saturated carbocycles. The fourth-order valence-electron chi connectivity index (χ4n) is 1.98. The van der Waals surface area contributed by atoms with Crippen molar-refractivity contribution in [2.24, 2.45) is 0 Å². The number of benzene rings is 2. The van der Waals surface area contributed by atoms with Gasteiger partial charge in [0.25, 0.3) is 0 Å². The summed E-state index contributed by atoms with van der Waals surface area (Å²) in [5.41, 5.74) is 3.04. The van der Waals surface area contributed by atoms with Gasteiger partial charge in [0, 0.05) is 15.8 Å². The monoisotopic (exact) mass is 355 g/mol. The molecule has 0 spiro atoms. The average molecular weight is 356 g/mol. The number of hydrogen-bond donors (Lipinski definition) is 2. The van der Waals surface area contributed by atoms with E-state index >= 15 is 0 Å². The molecule has 0 amide bonds. The van der Waals surface area contributed by atoms with Crippen LogP contribution in [0.3, 0.4) is 0 Å². The fraction of sp³-hybridized carbons (Fsp3) is 0.0625. The van der Waals surface area contributed by atoms with Crippen molar-refractivity contribution in [3.05, 3.63) is 64.8 Å². The summed E-state index contributed by atoms with van der Waals surface area (Å²) < 4.78 is 0.986. The molecule has 2 aromatic carbocycles. The number of aromatic nitrogens is 3. The standard InChI is InChI=1S/C16H14BrN5/c1-11-4-2-6-13(8-11)19-15-10-18-22-16(21-15)20-14-7-3-5-12(17)9-14/h2-10H,1H3,(H2,19,20,21,22). The molecule has 0 bridgehead atoms. The summed E-state index contributed by atoms with van der Waals surface area (Å²) in [6.45, 7) is 2.05. The summed E-state index contributed by atoms with van der Waals surface area (Å²) >= 11 is 3.43. The number of aryl methyl sites for hydroxylation is 1. The van der Waals surface area contributed by atoms with Gasteiger partial charge in [0.05, 0.1) is 6.20 Å². The molecular weight excluding hydrogens is 342 g/mol. The third kappa shape index (κ3) is 3.79. The van der Waals surface area contributed by atoms with Crippen molar-refractivity contribution >= 4 is 39.1 Å². The van der Waals surface area contributed by atoms with Crippen molar-refractivity contribution in [3.8, 4) is 0 Å². The highest BCUT2D eigenvalue weighted by molar-refractivity contribution is 9.10. The first kappa shape index (κ1) is 14.5. The first-order valence-electron chi connectivity index (χ1n) is 6.75. The number of nitrogens with zero attached hydrogens (tertiary/aromatic N) is 3. The predicted molar refractivity (Wildman–Crippen MR) is 91.7 cm³/mol. The maximum atomic E-state index is 4.41. The van der Waals surface area contributed by atoms with Gasteiger partial charge < -0.3 is 10.6 Å². The third-order valence-electron chi connectivity index (χ3n) is 2.93. The number of anilines is 4. The van der Waals surface area contributed by atoms with Crippen LogP contribution in [0.5, 0.6) is 0 Å². The molecule has 1 heterocycles. The fourth-order valence-corrected chi connectivity index (χ4v) is 2.38. The van der Waals surface area contributed by atoms with Crippen LogP contribution in [0.2, 0.25) is 0 Å². The topological polar surface area (TPSA) is 62.7 Å². The van der Waals surface area contributed by atoms with Crippen molar-refractivity contribution in [2.75, 3.05) is 10.6 Å². The maximum Gasteiger partial charge on any atom is 0.249 e. The normalized spacial score (nSPS) is 10.3. The molecule has 110 valence electrons. The van der Waals surface area contributed by atoms with Crippen molar-refractivity contribution in [3.63, 3.8) is 0 Å². The molecule has 3 rings (SSSR count). The number of nitrogens with one attached hydrogen (secondary N) is 2. The van der Waals surface area contributed by atoms with E-state index < -0.39 is 0 Å². The Morgan fingerprint density at radius 2 is 1.73 bits per heavy atom. The molecule has 3 aromatic rings. The van der Waals surface area contributed by atoms with E-state index in [0.717, 1.165) is 15.8 Å². The van der Waals surface area contributed by atoms with E-state index in [0.29, 0.717) is 11.8 Å². The largest absolute Gasteiger partial charge is 0.339 e. The van der Waals surface area contributed by atoms with Gasteiger partial charge in [-0.3, -0.25) is 0 Å². The van der Waals surface area contributed by atoms with Crippen molar-refractivity contribution < 1.29 is 0 Å². The van der Waals surface area contributed by atoms with E-state index in [-0.39, 0.29) is 0 Å². The Morgan fingerprint density at radius 3 is 2.50 bits per heavy atom. The summed E-state index contributed by atoms with van der Waals surface area (Å²) in [6, 6.07) is 15.9. The van der Waals surface area contributed by atoms with Gasteiger partial charge in [0.15, 0.2) is 5.82 Å². The molecule has 0 aliphatic carbocycles. The van der Waals surface area contributed by atoms with Crippen LogP contribution in [0, 0.1) is 6.92 Å². The molecule has 0 radical (unpaired) electrons. The Morgan fingerprint density at radius 1 is 0.955 bits per heavy atom. The zero-order valence-electron chi connectivity index (χ0n) is 11.9. The molecule has 0 atom stereocenters. The van der Waals surface area contributed by atoms with Crippen LogP contribution < -0.4 is 10.6 Å². The second-order valence-electron chi connectivity index (χ2n) is 4.80. The van der Waals surface area contributed by atoms with Gasteiger partial charge >= 0.3 is 0 Å². The lowest BCUT2D eigenvalue weighted by Crippen LogP contribution is -2.02. The van der Waals surface area contributed by atoms with E-state index in [1.54, 1.807) is 6.20 Å². The first-order valence-corrected chi connectivity index (χ1v) is 7.54. The van der Waals surface area contributed by atoms with Crippen molar-refractivity contribution in [2.45, 2.75) is 6.92 Å². The summed E-state index contributed by atoms with van der Waals surface area (Å²) in [5, 5.41) is 14.3. The second-order valence-corrected chi connectivity index (χ2v) is 5.71. The van der Waals surface area contributed by atoms with Gasteiger partial charge in [0.1, 0.15) is 0 Å². The molecule has 5 nitrogen and oxygen atoms in total. The predicted octanol–water partition coefficient (Wildman–Crippen LogP) is 4.43. The van der Waals surface area contributed by atoms with Gasteiger partial charge in [-0.2, -0.15) is 10.1 Å². The Labute approximate surface area is 137 Å². The lowest BCUT2D eigenvalue weighted by atomic mass is 10.2. The lowest BCUT2D eigenvalue weighted by Gasteiger charge is -2.08. The van der Waals surface area contributed by atoms with Crippen LogP contribution in [0.1, 0.15) is 5.56 Å². The molecule has 0 aliphatic heterocycles. The molecular formula is C16H14BrN5.